The minimum absolute atomic E-state index is 0.781. The van der Waals surface area contributed by atoms with Gasteiger partial charge in [0, 0.05) is 12.7 Å². The number of anilines is 1. The van der Waals surface area contributed by atoms with E-state index in [0.29, 0.717) is 0 Å². The molecule has 1 rings (SSSR count). The minimum atomic E-state index is 0.781. The summed E-state index contributed by atoms with van der Waals surface area (Å²) >= 11 is 2.20. The van der Waals surface area contributed by atoms with Crippen molar-refractivity contribution in [3.8, 4) is 0 Å². The fourth-order valence-corrected chi connectivity index (χ4v) is 1.27. The lowest BCUT2D eigenvalue weighted by Crippen LogP contribution is -2.06. The van der Waals surface area contributed by atoms with Crippen molar-refractivity contribution in [3.05, 3.63) is 28.2 Å². The third-order valence-corrected chi connectivity index (χ3v) is 2.46. The van der Waals surface area contributed by atoms with Crippen LogP contribution in [0.15, 0.2) is 24.7 Å². The zero-order valence-corrected chi connectivity index (χ0v) is 9.71. The summed E-state index contributed by atoms with van der Waals surface area (Å²) < 4.78 is 1.03. The summed E-state index contributed by atoms with van der Waals surface area (Å²) in [4.78, 5) is 8.02. The smallest absolute Gasteiger partial charge is 0.143 e. The van der Waals surface area contributed by atoms with Gasteiger partial charge >= 0.3 is 0 Å². The van der Waals surface area contributed by atoms with Crippen molar-refractivity contribution in [1.29, 1.82) is 0 Å². The SMILES string of the molecule is C=C(CC)CNc1ncncc1I. The summed E-state index contributed by atoms with van der Waals surface area (Å²) in [6, 6.07) is 0. The van der Waals surface area contributed by atoms with E-state index in [4.69, 9.17) is 0 Å². The number of hydrogen-bond acceptors (Lipinski definition) is 3. The maximum absolute atomic E-state index is 4.11. The van der Waals surface area contributed by atoms with Gasteiger partial charge in [0.05, 0.1) is 3.57 Å². The second-order valence-corrected chi connectivity index (χ2v) is 3.84. The molecule has 4 heteroatoms. The molecule has 1 heterocycles. The lowest BCUT2D eigenvalue weighted by atomic mass is 10.2. The Hall–Kier alpha value is -0.650. The molecule has 0 saturated carbocycles. The molecule has 0 aromatic carbocycles. The van der Waals surface area contributed by atoms with Gasteiger partial charge in [-0.25, -0.2) is 9.97 Å². The molecule has 70 valence electrons. The molecule has 0 atom stereocenters. The van der Waals surface area contributed by atoms with Gasteiger partial charge < -0.3 is 5.32 Å². The van der Waals surface area contributed by atoms with Crippen LogP contribution in [-0.4, -0.2) is 16.5 Å². The van der Waals surface area contributed by atoms with Crippen LogP contribution in [-0.2, 0) is 0 Å². The summed E-state index contributed by atoms with van der Waals surface area (Å²) in [7, 11) is 0. The largest absolute Gasteiger partial charge is 0.365 e. The first-order valence-corrected chi connectivity index (χ1v) is 5.18. The summed E-state index contributed by atoms with van der Waals surface area (Å²) in [5.41, 5.74) is 1.18. The van der Waals surface area contributed by atoms with Crippen LogP contribution in [0.2, 0.25) is 0 Å². The highest BCUT2D eigenvalue weighted by Crippen LogP contribution is 2.12. The van der Waals surface area contributed by atoms with Crippen molar-refractivity contribution in [2.75, 3.05) is 11.9 Å². The summed E-state index contributed by atoms with van der Waals surface area (Å²) in [5, 5.41) is 3.21. The van der Waals surface area contributed by atoms with E-state index in [2.05, 4.69) is 51.4 Å². The number of nitrogens with one attached hydrogen (secondary N) is 1. The van der Waals surface area contributed by atoms with Crippen LogP contribution in [0, 0.1) is 3.57 Å². The predicted octanol–water partition coefficient (Wildman–Crippen LogP) is 2.46. The van der Waals surface area contributed by atoms with Gasteiger partial charge in [-0.05, 0) is 29.0 Å². The zero-order chi connectivity index (χ0) is 9.68. The van der Waals surface area contributed by atoms with Crippen LogP contribution < -0.4 is 5.32 Å². The van der Waals surface area contributed by atoms with Crippen molar-refractivity contribution >= 4 is 28.4 Å². The predicted molar refractivity (Wildman–Crippen MR) is 62.7 cm³/mol. The van der Waals surface area contributed by atoms with Crippen LogP contribution in [0.4, 0.5) is 5.82 Å². The molecule has 1 aromatic heterocycles. The van der Waals surface area contributed by atoms with Crippen molar-refractivity contribution in [3.63, 3.8) is 0 Å². The molecule has 1 N–H and O–H groups in total. The Kier molecular flexibility index (Phi) is 4.14. The summed E-state index contributed by atoms with van der Waals surface area (Å²) in [5.74, 6) is 0.880. The molecule has 0 aliphatic carbocycles. The third kappa shape index (κ3) is 3.30. The summed E-state index contributed by atoms with van der Waals surface area (Å²) in [6.45, 7) is 6.78. The first-order valence-electron chi connectivity index (χ1n) is 4.10. The van der Waals surface area contributed by atoms with E-state index < -0.39 is 0 Å². The Balaban J connectivity index is 2.54. The monoisotopic (exact) mass is 289 g/mol. The van der Waals surface area contributed by atoms with Crippen LogP contribution in [0.1, 0.15) is 13.3 Å². The molecule has 0 fully saturated rings. The summed E-state index contributed by atoms with van der Waals surface area (Å²) in [6.07, 6.45) is 4.32. The van der Waals surface area contributed by atoms with Gasteiger partial charge in [0.15, 0.2) is 0 Å². The Morgan fingerprint density at radius 3 is 3.08 bits per heavy atom. The van der Waals surface area contributed by atoms with E-state index in [9.17, 15) is 0 Å². The van der Waals surface area contributed by atoms with Gasteiger partial charge in [-0.2, -0.15) is 0 Å². The molecule has 3 nitrogen and oxygen atoms in total. The quantitative estimate of drug-likeness (QED) is 0.683. The Bertz CT molecular complexity index is 299. The van der Waals surface area contributed by atoms with Crippen molar-refractivity contribution in [2.45, 2.75) is 13.3 Å². The van der Waals surface area contributed by atoms with Crippen molar-refractivity contribution in [1.82, 2.24) is 9.97 Å². The molecule has 0 saturated heterocycles. The van der Waals surface area contributed by atoms with Gasteiger partial charge in [-0.1, -0.05) is 19.1 Å². The average Bonchev–Trinajstić information content (AvgIpc) is 2.16. The Labute approximate surface area is 91.8 Å². The van der Waals surface area contributed by atoms with E-state index >= 15 is 0 Å². The molecular weight excluding hydrogens is 277 g/mol. The van der Waals surface area contributed by atoms with Crippen molar-refractivity contribution in [2.24, 2.45) is 0 Å². The van der Waals surface area contributed by atoms with E-state index in [1.807, 2.05) is 0 Å². The molecule has 0 spiro atoms. The lowest BCUT2D eigenvalue weighted by Gasteiger charge is -2.06. The average molecular weight is 289 g/mol. The maximum Gasteiger partial charge on any atom is 0.143 e. The van der Waals surface area contributed by atoms with Gasteiger partial charge in [0.1, 0.15) is 12.1 Å². The zero-order valence-electron chi connectivity index (χ0n) is 7.55. The van der Waals surface area contributed by atoms with Crippen LogP contribution in [0.5, 0.6) is 0 Å². The lowest BCUT2D eigenvalue weighted by molar-refractivity contribution is 1.03. The van der Waals surface area contributed by atoms with Crippen LogP contribution in [0.3, 0.4) is 0 Å². The Morgan fingerprint density at radius 1 is 1.69 bits per heavy atom. The van der Waals surface area contributed by atoms with E-state index in [-0.39, 0.29) is 0 Å². The number of rotatable bonds is 4. The van der Waals surface area contributed by atoms with Crippen LogP contribution >= 0.6 is 22.6 Å². The number of aromatic nitrogens is 2. The van der Waals surface area contributed by atoms with Gasteiger partial charge in [0.25, 0.3) is 0 Å². The molecule has 1 aromatic rings. The molecule has 0 unspecified atom stereocenters. The normalized spacial score (nSPS) is 9.69. The molecular formula is C9H12IN3. The number of halogens is 1. The van der Waals surface area contributed by atoms with Gasteiger partial charge in [0.2, 0.25) is 0 Å². The van der Waals surface area contributed by atoms with Crippen molar-refractivity contribution < 1.29 is 0 Å². The maximum atomic E-state index is 4.11. The highest BCUT2D eigenvalue weighted by Gasteiger charge is 1.99. The Morgan fingerprint density at radius 2 is 2.46 bits per heavy atom. The van der Waals surface area contributed by atoms with Gasteiger partial charge in [-0.15, -0.1) is 0 Å². The fraction of sp³-hybridized carbons (Fsp3) is 0.333. The standard InChI is InChI=1S/C9H12IN3/c1-3-7(2)4-12-9-8(10)5-11-6-13-9/h5-6H,2-4H2,1H3,(H,11,12,13). The highest BCUT2D eigenvalue weighted by atomic mass is 127. The number of nitrogens with zero attached hydrogens (tertiary/aromatic N) is 2. The van der Waals surface area contributed by atoms with Gasteiger partial charge in [-0.3, -0.25) is 0 Å². The molecule has 13 heavy (non-hydrogen) atoms. The fourth-order valence-electron chi connectivity index (χ4n) is 0.776. The van der Waals surface area contributed by atoms with Crippen LogP contribution in [0.25, 0.3) is 0 Å². The number of hydrogen-bond donors (Lipinski definition) is 1. The molecule has 0 amide bonds. The van der Waals surface area contributed by atoms with E-state index in [1.54, 1.807) is 12.5 Å². The first-order chi connectivity index (χ1) is 6.24. The second-order valence-electron chi connectivity index (χ2n) is 2.68. The molecule has 0 aliphatic heterocycles. The third-order valence-electron chi connectivity index (χ3n) is 1.67. The highest BCUT2D eigenvalue weighted by molar-refractivity contribution is 14.1. The van der Waals surface area contributed by atoms with E-state index in [0.717, 1.165) is 22.4 Å². The van der Waals surface area contributed by atoms with E-state index in [1.165, 1.54) is 5.57 Å². The second kappa shape index (κ2) is 5.16. The first kappa shape index (κ1) is 10.4. The molecule has 0 radical (unpaired) electrons. The topological polar surface area (TPSA) is 37.8 Å². The molecule has 0 bridgehead atoms. The minimum Gasteiger partial charge on any atom is -0.365 e. The molecule has 0 aliphatic rings.